The fourth-order valence-electron chi connectivity index (χ4n) is 1.53. The third-order valence-electron chi connectivity index (χ3n) is 2.40. The number of benzene rings is 1. The van der Waals surface area contributed by atoms with Gasteiger partial charge >= 0.3 is 5.97 Å². The van der Waals surface area contributed by atoms with Gasteiger partial charge in [-0.15, -0.1) is 0 Å². The van der Waals surface area contributed by atoms with E-state index in [2.05, 4.69) is 4.99 Å². The molecule has 1 aromatic carbocycles. The Balaban J connectivity index is 2.85. The molecular formula is C14H19FN2O2. The smallest absolute Gasteiger partial charge is 0.308 e. The van der Waals surface area contributed by atoms with Gasteiger partial charge in [-0.3, -0.25) is 9.79 Å². The number of esters is 1. The summed E-state index contributed by atoms with van der Waals surface area (Å²) in [6.45, 7) is 2.10. The number of halogens is 1. The van der Waals surface area contributed by atoms with E-state index in [0.29, 0.717) is 6.61 Å². The maximum absolute atomic E-state index is 12.9. The van der Waals surface area contributed by atoms with E-state index in [9.17, 15) is 9.18 Å². The fourth-order valence-corrected chi connectivity index (χ4v) is 1.53. The van der Waals surface area contributed by atoms with Gasteiger partial charge in [0.1, 0.15) is 5.82 Å². The molecule has 0 saturated carbocycles. The second-order valence-electron chi connectivity index (χ2n) is 4.30. The Kier molecular flexibility index (Phi) is 5.99. The molecule has 1 rings (SSSR count). The van der Waals surface area contributed by atoms with Gasteiger partial charge in [-0.05, 0) is 24.6 Å². The molecule has 0 aliphatic rings. The molecule has 4 nitrogen and oxygen atoms in total. The molecule has 19 heavy (non-hydrogen) atoms. The minimum Gasteiger partial charge on any atom is -0.466 e. The Morgan fingerprint density at radius 1 is 1.42 bits per heavy atom. The van der Waals surface area contributed by atoms with Gasteiger partial charge < -0.3 is 9.64 Å². The molecular weight excluding hydrogens is 247 g/mol. The fraction of sp³-hybridized carbons (Fsp3) is 0.429. The van der Waals surface area contributed by atoms with Crippen LogP contribution in [-0.4, -0.2) is 37.9 Å². The lowest BCUT2D eigenvalue weighted by Crippen LogP contribution is -2.13. The molecule has 0 amide bonds. The lowest BCUT2D eigenvalue weighted by Gasteiger charge is -2.13. The van der Waals surface area contributed by atoms with Crippen LogP contribution < -0.4 is 0 Å². The number of ether oxygens (including phenoxy) is 1. The van der Waals surface area contributed by atoms with Crippen molar-refractivity contribution in [1.82, 2.24) is 4.90 Å². The first-order valence-corrected chi connectivity index (χ1v) is 6.13. The largest absolute Gasteiger partial charge is 0.466 e. The minimum atomic E-state index is -0.359. The molecule has 0 aromatic heterocycles. The molecule has 0 spiro atoms. The summed E-state index contributed by atoms with van der Waals surface area (Å²) in [5.74, 6) is -0.622. The Hall–Kier alpha value is -1.91. The van der Waals surface area contributed by atoms with Gasteiger partial charge in [0.25, 0.3) is 0 Å². The summed E-state index contributed by atoms with van der Waals surface area (Å²) in [6, 6.07) is 5.62. The predicted molar refractivity (Wildman–Crippen MR) is 72.6 cm³/mol. The standard InChI is InChI=1S/C14H19FN2O2/c1-4-19-14(18)9-13(16-10-17(2)3)11-5-7-12(15)8-6-11/h5-8,10,13H,4,9H2,1-3H3. The maximum atomic E-state index is 12.9. The van der Waals surface area contributed by atoms with E-state index in [0.717, 1.165) is 5.56 Å². The van der Waals surface area contributed by atoms with Crippen molar-refractivity contribution >= 4 is 12.3 Å². The normalized spacial score (nSPS) is 12.4. The molecule has 1 unspecified atom stereocenters. The van der Waals surface area contributed by atoms with Gasteiger partial charge in [0.05, 0.1) is 25.4 Å². The third-order valence-corrected chi connectivity index (χ3v) is 2.40. The van der Waals surface area contributed by atoms with E-state index < -0.39 is 0 Å². The molecule has 0 saturated heterocycles. The van der Waals surface area contributed by atoms with Crippen molar-refractivity contribution in [3.8, 4) is 0 Å². The number of hydrogen-bond acceptors (Lipinski definition) is 3. The number of hydrogen-bond donors (Lipinski definition) is 0. The summed E-state index contributed by atoms with van der Waals surface area (Å²) < 4.78 is 17.8. The van der Waals surface area contributed by atoms with Crippen LogP contribution in [0.3, 0.4) is 0 Å². The van der Waals surface area contributed by atoms with Crippen molar-refractivity contribution in [1.29, 1.82) is 0 Å². The van der Waals surface area contributed by atoms with Gasteiger partial charge in [-0.25, -0.2) is 4.39 Å². The highest BCUT2D eigenvalue weighted by atomic mass is 19.1. The molecule has 1 aromatic rings. The average molecular weight is 266 g/mol. The monoisotopic (exact) mass is 266 g/mol. The number of carbonyl (C=O) groups excluding carboxylic acids is 1. The van der Waals surface area contributed by atoms with Gasteiger partial charge in [-0.1, -0.05) is 12.1 Å². The van der Waals surface area contributed by atoms with E-state index in [1.165, 1.54) is 12.1 Å². The van der Waals surface area contributed by atoms with Crippen molar-refractivity contribution < 1.29 is 13.9 Å². The first-order valence-electron chi connectivity index (χ1n) is 6.13. The third kappa shape index (κ3) is 5.50. The predicted octanol–water partition coefficient (Wildman–Crippen LogP) is 2.41. The zero-order valence-corrected chi connectivity index (χ0v) is 11.5. The van der Waals surface area contributed by atoms with Crippen molar-refractivity contribution in [2.75, 3.05) is 20.7 Å². The summed E-state index contributed by atoms with van der Waals surface area (Å²) in [5.41, 5.74) is 0.785. The number of aliphatic imine (C=N–C) groups is 1. The topological polar surface area (TPSA) is 41.9 Å². The van der Waals surface area contributed by atoms with Gasteiger partial charge in [0, 0.05) is 14.1 Å². The quantitative estimate of drug-likeness (QED) is 0.451. The van der Waals surface area contributed by atoms with E-state index in [1.54, 1.807) is 30.3 Å². The molecule has 0 radical (unpaired) electrons. The molecule has 0 fully saturated rings. The van der Waals surface area contributed by atoms with Crippen LogP contribution in [0, 0.1) is 5.82 Å². The van der Waals surface area contributed by atoms with Crippen LogP contribution in [0.25, 0.3) is 0 Å². The van der Waals surface area contributed by atoms with Crippen LogP contribution in [0.2, 0.25) is 0 Å². The minimum absolute atomic E-state index is 0.143. The van der Waals surface area contributed by atoms with Crippen molar-refractivity contribution in [3.63, 3.8) is 0 Å². The van der Waals surface area contributed by atoms with Crippen LogP contribution in [0.15, 0.2) is 29.3 Å². The summed E-state index contributed by atoms with van der Waals surface area (Å²) >= 11 is 0. The summed E-state index contributed by atoms with van der Waals surface area (Å²) in [5, 5.41) is 0. The Morgan fingerprint density at radius 2 is 2.05 bits per heavy atom. The second kappa shape index (κ2) is 7.51. The number of carbonyl (C=O) groups is 1. The van der Waals surface area contributed by atoms with E-state index in [1.807, 2.05) is 14.1 Å². The van der Waals surface area contributed by atoms with E-state index in [4.69, 9.17) is 4.74 Å². The molecule has 0 bridgehead atoms. The van der Waals surface area contributed by atoms with Gasteiger partial charge in [0.2, 0.25) is 0 Å². The highest BCUT2D eigenvalue weighted by Gasteiger charge is 2.15. The van der Waals surface area contributed by atoms with E-state index >= 15 is 0 Å². The first kappa shape index (κ1) is 15.1. The Bertz CT molecular complexity index is 430. The van der Waals surface area contributed by atoms with Crippen LogP contribution in [0.5, 0.6) is 0 Å². The summed E-state index contributed by atoms with van der Waals surface area (Å²) in [7, 11) is 3.69. The van der Waals surface area contributed by atoms with E-state index in [-0.39, 0.29) is 24.2 Å². The summed E-state index contributed by atoms with van der Waals surface area (Å²) in [4.78, 5) is 17.7. The molecule has 0 N–H and O–H groups in total. The Labute approximate surface area is 112 Å². The average Bonchev–Trinajstić information content (AvgIpc) is 2.35. The first-order chi connectivity index (χ1) is 9.02. The lowest BCUT2D eigenvalue weighted by molar-refractivity contribution is -0.143. The molecule has 5 heteroatoms. The van der Waals surface area contributed by atoms with Gasteiger partial charge in [-0.2, -0.15) is 0 Å². The molecule has 104 valence electrons. The van der Waals surface area contributed by atoms with Crippen LogP contribution in [0.4, 0.5) is 4.39 Å². The number of nitrogens with zero attached hydrogens (tertiary/aromatic N) is 2. The zero-order valence-electron chi connectivity index (χ0n) is 11.5. The second-order valence-corrected chi connectivity index (χ2v) is 4.30. The molecule has 0 heterocycles. The molecule has 0 aliphatic carbocycles. The lowest BCUT2D eigenvalue weighted by atomic mass is 10.0. The van der Waals surface area contributed by atoms with Crippen molar-refractivity contribution in [2.24, 2.45) is 4.99 Å². The molecule has 1 atom stereocenters. The van der Waals surface area contributed by atoms with Crippen molar-refractivity contribution in [2.45, 2.75) is 19.4 Å². The highest BCUT2D eigenvalue weighted by Crippen LogP contribution is 2.22. The molecule has 0 aliphatic heterocycles. The van der Waals surface area contributed by atoms with Gasteiger partial charge in [0.15, 0.2) is 0 Å². The maximum Gasteiger partial charge on any atom is 0.308 e. The van der Waals surface area contributed by atoms with Crippen LogP contribution in [-0.2, 0) is 9.53 Å². The number of rotatable bonds is 6. The SMILES string of the molecule is CCOC(=O)CC(N=CN(C)C)c1ccc(F)cc1. The van der Waals surface area contributed by atoms with Crippen LogP contribution in [0.1, 0.15) is 24.9 Å². The van der Waals surface area contributed by atoms with Crippen LogP contribution >= 0.6 is 0 Å². The van der Waals surface area contributed by atoms with Crippen molar-refractivity contribution in [3.05, 3.63) is 35.6 Å². The zero-order chi connectivity index (χ0) is 14.3. The highest BCUT2D eigenvalue weighted by molar-refractivity contribution is 5.71. The summed E-state index contributed by atoms with van der Waals surface area (Å²) in [6.07, 6.45) is 1.77. The Morgan fingerprint density at radius 3 is 2.58 bits per heavy atom.